The Hall–Kier alpha value is -0.120. The molecule has 1 aliphatic carbocycles. The molecule has 1 saturated heterocycles. The lowest BCUT2D eigenvalue weighted by molar-refractivity contribution is 0.0210. The van der Waals surface area contributed by atoms with Crippen LogP contribution in [0.4, 0.5) is 0 Å². The summed E-state index contributed by atoms with van der Waals surface area (Å²) in [5.41, 5.74) is 6.51. The van der Waals surface area contributed by atoms with Gasteiger partial charge in [0.25, 0.3) is 0 Å². The zero-order valence-electron chi connectivity index (χ0n) is 13.6. The van der Waals surface area contributed by atoms with Crippen molar-refractivity contribution in [1.82, 2.24) is 4.90 Å². The Labute approximate surface area is 125 Å². The highest BCUT2D eigenvalue weighted by atomic mass is 16.5. The molecule has 3 heteroatoms. The standard InChI is InChI=1S/C17H34N2O/c1-3-10-19(11-8-16-7-5-12-20-16)17(14-18)9-4-6-15(2)13-17/h15-16H,3-14,18H2,1-2H3. The second kappa shape index (κ2) is 7.77. The molecular formula is C17H34N2O. The van der Waals surface area contributed by atoms with E-state index in [0.717, 1.165) is 19.1 Å². The molecule has 0 aromatic rings. The van der Waals surface area contributed by atoms with Crippen LogP contribution in [0.5, 0.6) is 0 Å². The highest BCUT2D eigenvalue weighted by molar-refractivity contribution is 4.96. The molecule has 2 N–H and O–H groups in total. The van der Waals surface area contributed by atoms with Gasteiger partial charge in [0, 0.05) is 25.2 Å². The lowest BCUT2D eigenvalue weighted by Crippen LogP contribution is -2.57. The first-order valence-electron chi connectivity index (χ1n) is 8.77. The van der Waals surface area contributed by atoms with Crippen molar-refractivity contribution in [3.05, 3.63) is 0 Å². The van der Waals surface area contributed by atoms with E-state index in [1.54, 1.807) is 0 Å². The summed E-state index contributed by atoms with van der Waals surface area (Å²) in [5.74, 6) is 0.828. The van der Waals surface area contributed by atoms with E-state index in [1.807, 2.05) is 0 Å². The van der Waals surface area contributed by atoms with E-state index < -0.39 is 0 Å². The molecule has 118 valence electrons. The highest BCUT2D eigenvalue weighted by Gasteiger charge is 2.38. The molecule has 0 bridgehead atoms. The minimum atomic E-state index is 0.270. The van der Waals surface area contributed by atoms with Crippen LogP contribution in [0.1, 0.15) is 65.2 Å². The van der Waals surface area contributed by atoms with Gasteiger partial charge in [-0.1, -0.05) is 26.7 Å². The second-order valence-electron chi connectivity index (χ2n) is 7.04. The lowest BCUT2D eigenvalue weighted by atomic mass is 9.75. The van der Waals surface area contributed by atoms with Crippen LogP contribution in [0.25, 0.3) is 0 Å². The number of hydrogen-bond acceptors (Lipinski definition) is 3. The maximum atomic E-state index is 6.24. The van der Waals surface area contributed by atoms with E-state index in [2.05, 4.69) is 18.7 Å². The van der Waals surface area contributed by atoms with E-state index in [4.69, 9.17) is 10.5 Å². The first kappa shape index (κ1) is 16.3. The van der Waals surface area contributed by atoms with Crippen molar-refractivity contribution in [3.8, 4) is 0 Å². The number of rotatable bonds is 7. The average Bonchev–Trinajstić information content (AvgIpc) is 2.96. The molecule has 0 radical (unpaired) electrons. The Kier molecular flexibility index (Phi) is 6.31. The molecule has 2 rings (SSSR count). The minimum Gasteiger partial charge on any atom is -0.378 e. The molecule has 1 aliphatic heterocycles. The summed E-state index contributed by atoms with van der Waals surface area (Å²) in [4.78, 5) is 2.71. The first-order chi connectivity index (χ1) is 9.70. The van der Waals surface area contributed by atoms with Crippen molar-refractivity contribution in [1.29, 1.82) is 0 Å². The fourth-order valence-electron chi connectivity index (χ4n) is 4.26. The van der Waals surface area contributed by atoms with Crippen molar-refractivity contribution in [2.45, 2.75) is 76.9 Å². The third-order valence-corrected chi connectivity index (χ3v) is 5.36. The average molecular weight is 282 g/mol. The molecule has 0 aromatic carbocycles. The zero-order chi connectivity index (χ0) is 14.4. The summed E-state index contributed by atoms with van der Waals surface area (Å²) in [6.07, 6.45) is 10.7. The SMILES string of the molecule is CCCN(CCC1CCCO1)C1(CN)CCCC(C)C1. The van der Waals surface area contributed by atoms with Crippen LogP contribution >= 0.6 is 0 Å². The van der Waals surface area contributed by atoms with Gasteiger partial charge in [0.05, 0.1) is 6.10 Å². The number of nitrogens with two attached hydrogens (primary N) is 1. The van der Waals surface area contributed by atoms with Gasteiger partial charge in [-0.2, -0.15) is 0 Å². The largest absolute Gasteiger partial charge is 0.378 e. The minimum absolute atomic E-state index is 0.270. The molecule has 20 heavy (non-hydrogen) atoms. The predicted molar refractivity (Wildman–Crippen MR) is 84.9 cm³/mol. The lowest BCUT2D eigenvalue weighted by Gasteiger charge is -2.48. The third kappa shape index (κ3) is 3.96. The molecule has 0 amide bonds. The van der Waals surface area contributed by atoms with Crippen LogP contribution in [0.15, 0.2) is 0 Å². The second-order valence-corrected chi connectivity index (χ2v) is 7.04. The van der Waals surface area contributed by atoms with Crippen LogP contribution in [-0.2, 0) is 4.74 Å². The summed E-state index contributed by atoms with van der Waals surface area (Å²) in [5, 5.41) is 0. The number of ether oxygens (including phenoxy) is 1. The summed E-state index contributed by atoms with van der Waals surface area (Å²) in [6.45, 7) is 8.84. The van der Waals surface area contributed by atoms with E-state index in [1.165, 1.54) is 64.5 Å². The Balaban J connectivity index is 1.96. The first-order valence-corrected chi connectivity index (χ1v) is 8.77. The van der Waals surface area contributed by atoms with Crippen LogP contribution < -0.4 is 5.73 Å². The van der Waals surface area contributed by atoms with Crippen molar-refractivity contribution < 1.29 is 4.74 Å². The van der Waals surface area contributed by atoms with Crippen LogP contribution in [0, 0.1) is 5.92 Å². The molecule has 1 heterocycles. The fraction of sp³-hybridized carbons (Fsp3) is 1.00. The van der Waals surface area contributed by atoms with Crippen molar-refractivity contribution in [3.63, 3.8) is 0 Å². The Bertz CT molecular complexity index is 278. The highest BCUT2D eigenvalue weighted by Crippen LogP contribution is 2.36. The van der Waals surface area contributed by atoms with Gasteiger partial charge in [0.15, 0.2) is 0 Å². The van der Waals surface area contributed by atoms with E-state index >= 15 is 0 Å². The maximum Gasteiger partial charge on any atom is 0.0588 e. The third-order valence-electron chi connectivity index (χ3n) is 5.36. The van der Waals surface area contributed by atoms with Gasteiger partial charge >= 0.3 is 0 Å². The fourth-order valence-corrected chi connectivity index (χ4v) is 4.26. The molecule has 2 aliphatic rings. The summed E-state index contributed by atoms with van der Waals surface area (Å²) < 4.78 is 5.80. The maximum absolute atomic E-state index is 6.24. The van der Waals surface area contributed by atoms with Gasteiger partial charge in [0.1, 0.15) is 0 Å². The Morgan fingerprint density at radius 3 is 2.70 bits per heavy atom. The molecule has 2 fully saturated rings. The van der Waals surface area contributed by atoms with Gasteiger partial charge in [-0.3, -0.25) is 4.90 Å². The van der Waals surface area contributed by atoms with Crippen molar-refractivity contribution in [2.24, 2.45) is 11.7 Å². The van der Waals surface area contributed by atoms with Crippen molar-refractivity contribution >= 4 is 0 Å². The van der Waals surface area contributed by atoms with Gasteiger partial charge in [-0.25, -0.2) is 0 Å². The van der Waals surface area contributed by atoms with Gasteiger partial charge < -0.3 is 10.5 Å². The molecule has 3 atom stereocenters. The summed E-state index contributed by atoms with van der Waals surface area (Å²) in [6, 6.07) is 0. The molecule has 0 aromatic heterocycles. The van der Waals surface area contributed by atoms with E-state index in [9.17, 15) is 0 Å². The molecule has 1 saturated carbocycles. The Morgan fingerprint density at radius 2 is 2.10 bits per heavy atom. The van der Waals surface area contributed by atoms with Crippen molar-refractivity contribution in [2.75, 3.05) is 26.2 Å². The van der Waals surface area contributed by atoms with Gasteiger partial charge in [-0.15, -0.1) is 0 Å². The number of hydrogen-bond donors (Lipinski definition) is 1. The topological polar surface area (TPSA) is 38.5 Å². The van der Waals surface area contributed by atoms with E-state index in [-0.39, 0.29) is 5.54 Å². The number of nitrogens with zero attached hydrogens (tertiary/aromatic N) is 1. The predicted octanol–water partition coefficient (Wildman–Crippen LogP) is 3.18. The van der Waals surface area contributed by atoms with E-state index in [0.29, 0.717) is 6.10 Å². The monoisotopic (exact) mass is 282 g/mol. The van der Waals surface area contributed by atoms with Gasteiger partial charge in [0.2, 0.25) is 0 Å². The Morgan fingerprint density at radius 1 is 1.25 bits per heavy atom. The van der Waals surface area contributed by atoms with Crippen LogP contribution in [-0.4, -0.2) is 42.8 Å². The quantitative estimate of drug-likeness (QED) is 0.779. The summed E-state index contributed by atoms with van der Waals surface area (Å²) in [7, 11) is 0. The molecule has 0 spiro atoms. The molecule has 3 nitrogen and oxygen atoms in total. The normalized spacial score (nSPS) is 34.8. The van der Waals surface area contributed by atoms with Crippen LogP contribution in [0.2, 0.25) is 0 Å². The van der Waals surface area contributed by atoms with Gasteiger partial charge in [-0.05, 0) is 51.0 Å². The zero-order valence-corrected chi connectivity index (χ0v) is 13.6. The van der Waals surface area contributed by atoms with Crippen LogP contribution in [0.3, 0.4) is 0 Å². The molecular weight excluding hydrogens is 248 g/mol. The summed E-state index contributed by atoms with van der Waals surface area (Å²) >= 11 is 0. The smallest absolute Gasteiger partial charge is 0.0588 e. The molecule has 3 unspecified atom stereocenters.